The van der Waals surface area contributed by atoms with Crippen molar-refractivity contribution in [1.29, 1.82) is 0 Å². The molecule has 12 nitrogen and oxygen atoms in total. The first-order valence-electron chi connectivity index (χ1n) is 31.6. The Hall–Kier alpha value is -17.5. The summed E-state index contributed by atoms with van der Waals surface area (Å²) in [6.07, 6.45) is 11.9. The van der Waals surface area contributed by atoms with Crippen LogP contribution in [-0.2, 0) is 57.2 Å². The molecule has 0 spiro atoms. The van der Waals surface area contributed by atoms with E-state index in [4.69, 9.17) is 28.4 Å². The zero-order chi connectivity index (χ0) is 78.3. The highest BCUT2D eigenvalue weighted by molar-refractivity contribution is 5.90. The second-order valence-corrected chi connectivity index (χ2v) is 18.2. The monoisotopic (exact) mass is 1520 g/mol. The van der Waals surface area contributed by atoms with Crippen LogP contribution in [0.3, 0.4) is 0 Å². The quantitative estimate of drug-likeness (QED) is 0.0202. The minimum Gasteiger partial charge on any atom is -0.455 e. The van der Waals surface area contributed by atoms with E-state index in [-0.39, 0.29) is 98.4 Å². The van der Waals surface area contributed by atoms with Gasteiger partial charge < -0.3 is 28.4 Å². The highest BCUT2D eigenvalue weighted by Gasteiger charge is 2.20. The summed E-state index contributed by atoms with van der Waals surface area (Å²) < 4.78 is 31.6. The van der Waals surface area contributed by atoms with Crippen molar-refractivity contribution in [3.8, 4) is 379 Å². The van der Waals surface area contributed by atoms with Crippen LogP contribution in [0.15, 0.2) is 12.2 Å². The molecule has 12 heteroatoms. The number of esters is 6. The lowest BCUT2D eigenvalue weighted by atomic mass is 10.1. The van der Waals surface area contributed by atoms with E-state index in [0.29, 0.717) is 12.8 Å². The first-order valence-corrected chi connectivity index (χ1v) is 31.6. The van der Waals surface area contributed by atoms with Crippen molar-refractivity contribution in [2.75, 3.05) is 26.4 Å². The molecule has 0 radical (unpaired) electrons. The van der Waals surface area contributed by atoms with Crippen LogP contribution >= 0.6 is 0 Å². The minimum absolute atomic E-state index is 0. The van der Waals surface area contributed by atoms with E-state index in [0.717, 1.165) is 64.2 Å². The molecule has 0 saturated heterocycles. The number of rotatable bonds is 26. The molecule has 0 aliphatic heterocycles. The first kappa shape index (κ1) is 90.5. The van der Waals surface area contributed by atoms with Gasteiger partial charge >= 0.3 is 35.8 Å². The maximum atomic E-state index is 12.9. The van der Waals surface area contributed by atoms with Crippen LogP contribution in [-0.4, -0.2) is 74.5 Å². The van der Waals surface area contributed by atoms with Crippen molar-refractivity contribution in [3.05, 3.63) is 12.2 Å². The third-order valence-corrected chi connectivity index (χ3v) is 10.3. The van der Waals surface area contributed by atoms with Gasteiger partial charge in [-0.05, 0) is 398 Å². The van der Waals surface area contributed by atoms with Gasteiger partial charge in [0.25, 0.3) is 0 Å². The Kier molecular flexibility index (Phi) is 63.0. The molecule has 0 N–H and O–H groups in total. The number of ether oxygens (including phenoxy) is 6. The molecule has 0 amide bonds. The Bertz CT molecular complexity index is 5140. The number of hydrogen-bond donors (Lipinski definition) is 0. The smallest absolute Gasteiger partial charge is 0.385 e. The third-order valence-electron chi connectivity index (χ3n) is 10.3. The molecule has 628 valence electrons. The molecule has 0 atom stereocenters. The van der Waals surface area contributed by atoms with Gasteiger partial charge in [0.1, 0.15) is 26.4 Å². The first-order chi connectivity index (χ1) is 53.1. The van der Waals surface area contributed by atoms with E-state index in [9.17, 15) is 28.8 Å². The Balaban J connectivity index is -0.0000000323. The second-order valence-electron chi connectivity index (χ2n) is 18.2. The number of carbonyl (C=O) groups is 6. The SMILES string of the molecule is CC#CC#CC#CC#CC#CC#CC#CC#CC(=O)OCC(COC(=O)C#CC#CC#CC#CC#CC#CC#CC#CC)OC(=O)CCCCCCC/C=C/CCCCCCCC(=O)OC(COC(=O)C#CC#CC#CC#CC#CC#CC#CC#CC)COC(=O)C#CC#CC#CC#CC#CC#CC#CC#CC.[HH].[HH].[HH].[HH].[HH].[HH].[HH].[HH].[HH].[HH].[HH].[HH].[HH].[HH].[HH].[HH].[HH].[HH].[HH].[HH].[HH].[HH].[HH].[HH].[HH].[HH].[HH].[HH].[HH].[HH].[HH].[HH].[HH].[HH].[HH].[HH].[HH].[HH].[HH].[HH].[HH].[HH].[HH].[HH].[HH].[HH].[HH].[HH].[HH].[HH].[HH].[HH].[HH].[HH].[HH].[HH].[HH].[HH].[HH].[HH]. The summed E-state index contributed by atoms with van der Waals surface area (Å²) in [5, 5.41) is 0. The predicted octanol–water partition coefficient (Wildman–Crippen LogP) is 19.9. The summed E-state index contributed by atoms with van der Waals surface area (Å²) in [4.78, 5) is 75.2. The summed E-state index contributed by atoms with van der Waals surface area (Å²) >= 11 is 0. The van der Waals surface area contributed by atoms with Gasteiger partial charge in [-0.15, -0.1) is 0 Å². The zero-order valence-electron chi connectivity index (χ0n) is 58.9. The van der Waals surface area contributed by atoms with E-state index < -0.39 is 74.5 Å². The molecule has 0 rings (SSSR count). The van der Waals surface area contributed by atoms with E-state index in [1.807, 2.05) is 0 Å². The van der Waals surface area contributed by atoms with Crippen molar-refractivity contribution in [2.24, 2.45) is 0 Å². The van der Waals surface area contributed by atoms with Crippen LogP contribution in [0.5, 0.6) is 0 Å². The second kappa shape index (κ2) is 75.3. The van der Waals surface area contributed by atoms with Crippen LogP contribution in [0.25, 0.3) is 0 Å². The Labute approximate surface area is 725 Å². The average molecular weight is 1520 g/mol. The van der Waals surface area contributed by atoms with Crippen LogP contribution in [0, 0.1) is 379 Å². The minimum atomic E-state index is -1.19. The van der Waals surface area contributed by atoms with Gasteiger partial charge in [0.05, 0.1) is 0 Å². The highest BCUT2D eigenvalue weighted by atomic mass is 16.6. The van der Waals surface area contributed by atoms with Gasteiger partial charge in [-0.2, -0.15) is 0 Å². The Morgan fingerprint density at radius 1 is 0.222 bits per heavy atom. The molecule has 0 aromatic rings. The standard InChI is InChI=1S/C96H52O12.60H2/c1-5-9-13-17-21-25-29-33-37-43-49-55-61-67-73-79-91(97)103-85-89(86-104-92(98)80-74-68-62-56-50-44-38-34-30-26-22-18-14-10-6-2)107-95(101)83-77-71-65-59-53-47-41-42-48-54-60-66-72-78-84-96(102)108-90(87-105-93(99)81-75-69-63-57-51-45-39-35-31-27-23-19-15-11-7-3)88-106-94(100)82-76-70-64-58-52-46-40-36-32-28-24-20-16-12-8-4;;;;;;;;;;;;;;;;;;;;;;;;;;;;;;;;;;;;;;;;;;;;;;;;;;;;;;;;;;;;/h41-42,89-90H,47-48,53-54,59-60,65-66,71-72,77-78,83-88H2,1-4H3;60*1H/b42-41+;;;;;;;;;;;;;;;;;;;;;;;;;;;;;;;;;;;;;;;;;;;;;;;;;;;;;;;;;;;;. The molecule has 0 aliphatic rings. The molecule has 0 unspecified atom stereocenters. The number of unbranched alkanes of at least 4 members (excludes halogenated alkanes) is 10. The summed E-state index contributed by atoms with van der Waals surface area (Å²) in [5.74, 6) is 151. The van der Waals surface area contributed by atoms with Crippen molar-refractivity contribution >= 4 is 35.8 Å². The van der Waals surface area contributed by atoms with E-state index in [2.05, 4.69) is 391 Å². The summed E-state index contributed by atoms with van der Waals surface area (Å²) in [5.41, 5.74) is 0. The normalized spacial score (nSPS) is 6.83. The predicted molar refractivity (Wildman–Crippen MR) is 536 cm³/mol. The van der Waals surface area contributed by atoms with Gasteiger partial charge in [0.15, 0.2) is 12.2 Å². The van der Waals surface area contributed by atoms with Crippen LogP contribution in [0.1, 0.15) is 203 Å². The van der Waals surface area contributed by atoms with E-state index in [1.54, 1.807) is 27.7 Å². The topological polar surface area (TPSA) is 158 Å². The van der Waals surface area contributed by atoms with Gasteiger partial charge in [-0.25, -0.2) is 19.2 Å². The zero-order valence-corrected chi connectivity index (χ0v) is 58.9. The number of carbonyl (C=O) groups excluding carboxylic acids is 6. The molecule has 0 fully saturated rings. The number of hydrogen-bond acceptors (Lipinski definition) is 12. The lowest BCUT2D eigenvalue weighted by Crippen LogP contribution is -2.30. The van der Waals surface area contributed by atoms with E-state index in [1.165, 1.54) is 0 Å². The Morgan fingerprint density at radius 3 is 0.565 bits per heavy atom. The van der Waals surface area contributed by atoms with Gasteiger partial charge in [0, 0.05) is 122 Å². The molecular weight excluding hydrogens is 1350 g/mol. The fourth-order valence-electron chi connectivity index (χ4n) is 5.98. The Morgan fingerprint density at radius 2 is 0.380 bits per heavy atom. The average Bonchev–Trinajstić information content (AvgIpc) is 0.944. The molecule has 0 saturated carbocycles. The van der Waals surface area contributed by atoms with Gasteiger partial charge in [-0.1, -0.05) is 74.4 Å². The fourth-order valence-corrected chi connectivity index (χ4v) is 5.98. The van der Waals surface area contributed by atoms with Crippen molar-refractivity contribution in [2.45, 2.75) is 130 Å². The number of allylic oxidation sites excluding steroid dienone is 2. The van der Waals surface area contributed by atoms with E-state index >= 15 is 0 Å². The molecule has 108 heavy (non-hydrogen) atoms. The maximum absolute atomic E-state index is 12.9. The molecule has 0 aliphatic carbocycles. The molecular formula is C96H172O12. The summed E-state index contributed by atoms with van der Waals surface area (Å²) in [6.45, 7) is 4.63. The summed E-state index contributed by atoms with van der Waals surface area (Å²) in [6, 6.07) is 0. The summed E-state index contributed by atoms with van der Waals surface area (Å²) in [7, 11) is 0. The lowest BCUT2D eigenvalue weighted by molar-refractivity contribution is -0.163. The lowest BCUT2D eigenvalue weighted by Gasteiger charge is -2.16. The molecule has 0 aromatic carbocycles. The fraction of sp³-hybridized carbons (Fsp3) is 0.250. The molecule has 0 aromatic heterocycles. The largest absolute Gasteiger partial charge is 0.455 e. The highest BCUT2D eigenvalue weighted by Crippen LogP contribution is 2.12. The maximum Gasteiger partial charge on any atom is 0.385 e. The van der Waals surface area contributed by atoms with Crippen LogP contribution < -0.4 is 0 Å². The van der Waals surface area contributed by atoms with Crippen LogP contribution in [0.2, 0.25) is 0 Å². The van der Waals surface area contributed by atoms with Crippen molar-refractivity contribution in [3.63, 3.8) is 0 Å². The van der Waals surface area contributed by atoms with Crippen LogP contribution in [0.4, 0.5) is 0 Å². The van der Waals surface area contributed by atoms with Gasteiger partial charge in [-0.3, -0.25) is 9.59 Å². The molecule has 0 bridgehead atoms. The molecule has 0 heterocycles. The van der Waals surface area contributed by atoms with Crippen molar-refractivity contribution < 1.29 is 143 Å². The van der Waals surface area contributed by atoms with Gasteiger partial charge in [0.2, 0.25) is 0 Å². The third kappa shape index (κ3) is 71.3. The van der Waals surface area contributed by atoms with Crippen molar-refractivity contribution in [1.82, 2.24) is 0 Å².